The van der Waals surface area contributed by atoms with E-state index >= 15 is 0 Å². The average molecular weight is 362 g/mol. The number of carbonyl (C=O) groups is 3. The maximum absolute atomic E-state index is 12.5. The van der Waals surface area contributed by atoms with Gasteiger partial charge in [0.05, 0.1) is 17.9 Å². The van der Waals surface area contributed by atoms with Crippen LogP contribution < -0.4 is 10.6 Å². The van der Waals surface area contributed by atoms with Gasteiger partial charge >= 0.3 is 5.97 Å². The van der Waals surface area contributed by atoms with Crippen LogP contribution in [0.3, 0.4) is 0 Å². The van der Waals surface area contributed by atoms with Crippen LogP contribution in [-0.2, 0) is 14.4 Å². The van der Waals surface area contributed by atoms with Crippen LogP contribution in [-0.4, -0.2) is 28.4 Å². The number of carbonyl (C=O) groups excluding carboxylic acids is 2. The highest BCUT2D eigenvalue weighted by Gasteiger charge is 2.66. The number of aliphatic carboxylic acids is 1. The summed E-state index contributed by atoms with van der Waals surface area (Å²) in [5.41, 5.74) is -1.36. The largest absolute Gasteiger partial charge is 0.480 e. The molecule has 4 unspecified atom stereocenters. The molecule has 134 valence electrons. The van der Waals surface area contributed by atoms with Gasteiger partial charge in [0, 0.05) is 4.88 Å². The van der Waals surface area contributed by atoms with Crippen LogP contribution in [0.2, 0.25) is 0 Å². The van der Waals surface area contributed by atoms with Gasteiger partial charge in [-0.2, -0.15) is 0 Å². The molecule has 7 heteroatoms. The second-order valence-electron chi connectivity index (χ2n) is 7.48. The van der Waals surface area contributed by atoms with Crippen LogP contribution in [0.4, 0.5) is 0 Å². The fraction of sp³-hybridized carbons (Fsp3) is 0.611. The zero-order valence-corrected chi connectivity index (χ0v) is 14.7. The first-order valence-corrected chi connectivity index (χ1v) is 9.80. The zero-order chi connectivity index (χ0) is 17.6. The number of nitrogens with one attached hydrogen (secondary N) is 2. The number of rotatable bonds is 4. The third-order valence-corrected chi connectivity index (χ3v) is 7.02. The molecule has 3 fully saturated rings. The van der Waals surface area contributed by atoms with Gasteiger partial charge in [-0.1, -0.05) is 38.2 Å². The van der Waals surface area contributed by atoms with E-state index in [9.17, 15) is 19.5 Å². The molecule has 3 N–H and O–H groups in total. The summed E-state index contributed by atoms with van der Waals surface area (Å²) in [5.74, 6) is -3.02. The molecule has 3 heterocycles. The third kappa shape index (κ3) is 2.60. The average Bonchev–Trinajstić information content (AvgIpc) is 3.27. The number of imide groups is 1. The van der Waals surface area contributed by atoms with Gasteiger partial charge < -0.3 is 5.11 Å². The van der Waals surface area contributed by atoms with Gasteiger partial charge in [-0.05, 0) is 23.8 Å². The van der Waals surface area contributed by atoms with E-state index < -0.39 is 35.3 Å². The first-order chi connectivity index (χ1) is 12.0. The predicted octanol–water partition coefficient (Wildman–Crippen LogP) is 2.07. The Morgan fingerprint density at radius 1 is 1.24 bits per heavy atom. The summed E-state index contributed by atoms with van der Waals surface area (Å²) < 4.78 is 0. The van der Waals surface area contributed by atoms with Crippen LogP contribution in [0.25, 0.3) is 0 Å². The minimum absolute atomic E-state index is 0.281. The van der Waals surface area contributed by atoms with Crippen LogP contribution in [0, 0.1) is 17.8 Å². The molecule has 2 saturated heterocycles. The molecule has 1 aliphatic carbocycles. The van der Waals surface area contributed by atoms with Crippen molar-refractivity contribution in [2.45, 2.75) is 50.1 Å². The van der Waals surface area contributed by atoms with E-state index in [2.05, 4.69) is 10.6 Å². The van der Waals surface area contributed by atoms with E-state index in [-0.39, 0.29) is 11.8 Å². The Morgan fingerprint density at radius 2 is 2.00 bits per heavy atom. The summed E-state index contributed by atoms with van der Waals surface area (Å²) in [6.45, 7) is 0. The summed E-state index contributed by atoms with van der Waals surface area (Å²) in [5, 5.41) is 17.6. The van der Waals surface area contributed by atoms with Gasteiger partial charge in [0.25, 0.3) is 0 Å². The zero-order valence-electron chi connectivity index (χ0n) is 13.9. The standard InChI is InChI=1S/C18H22N2O4S/c21-15-12-13(16(22)19-15)18(17(23)24,9-10-5-2-1-3-6-10)20-14(12)11-7-4-8-25-11/h4,7-8,10,12-14,20H,1-3,5-6,9H2,(H,23,24)(H,19,21,22). The van der Waals surface area contributed by atoms with Crippen molar-refractivity contribution in [1.82, 2.24) is 10.6 Å². The Bertz CT molecular complexity index is 698. The van der Waals surface area contributed by atoms with Crippen LogP contribution in [0.5, 0.6) is 0 Å². The lowest BCUT2D eigenvalue weighted by molar-refractivity contribution is -0.150. The molecule has 1 aromatic rings. The number of carboxylic acid groups (broad SMARTS) is 1. The van der Waals surface area contributed by atoms with Gasteiger partial charge in [-0.3, -0.25) is 25.0 Å². The molecule has 0 spiro atoms. The van der Waals surface area contributed by atoms with Crippen molar-refractivity contribution in [3.05, 3.63) is 22.4 Å². The number of carboxylic acids is 1. The summed E-state index contributed by atoms with van der Waals surface area (Å²) in [6.07, 6.45) is 5.79. The lowest BCUT2D eigenvalue weighted by Gasteiger charge is -2.34. The van der Waals surface area contributed by atoms with E-state index in [4.69, 9.17) is 0 Å². The molecule has 4 atom stereocenters. The molecule has 1 saturated carbocycles. The Balaban J connectivity index is 1.73. The van der Waals surface area contributed by atoms with Crippen LogP contribution >= 0.6 is 11.3 Å². The first-order valence-electron chi connectivity index (χ1n) is 8.92. The van der Waals surface area contributed by atoms with Gasteiger partial charge in [-0.25, -0.2) is 0 Å². The molecular formula is C18H22N2O4S. The van der Waals surface area contributed by atoms with E-state index in [0.29, 0.717) is 6.42 Å². The number of thiophene rings is 1. The lowest BCUT2D eigenvalue weighted by Crippen LogP contribution is -2.56. The molecule has 0 bridgehead atoms. The Hall–Kier alpha value is -1.73. The monoisotopic (exact) mass is 362 g/mol. The number of amides is 2. The fourth-order valence-electron chi connectivity index (χ4n) is 4.96. The highest BCUT2D eigenvalue weighted by atomic mass is 32.1. The van der Waals surface area contributed by atoms with Gasteiger partial charge in [0.15, 0.2) is 0 Å². The minimum atomic E-state index is -1.36. The Kier molecular flexibility index (Phi) is 4.16. The van der Waals surface area contributed by atoms with Crippen molar-refractivity contribution in [2.75, 3.05) is 0 Å². The van der Waals surface area contributed by atoms with Crippen molar-refractivity contribution in [3.8, 4) is 0 Å². The molecular weight excluding hydrogens is 340 g/mol. The lowest BCUT2D eigenvalue weighted by atomic mass is 9.72. The van der Waals surface area contributed by atoms with Crippen molar-refractivity contribution in [3.63, 3.8) is 0 Å². The molecule has 1 aromatic heterocycles. The Labute approximate surface area is 150 Å². The summed E-state index contributed by atoms with van der Waals surface area (Å²) in [4.78, 5) is 38.2. The maximum Gasteiger partial charge on any atom is 0.324 e. The van der Waals surface area contributed by atoms with Crippen molar-refractivity contribution in [1.29, 1.82) is 0 Å². The molecule has 3 aliphatic rings. The molecule has 2 amide bonds. The highest BCUT2D eigenvalue weighted by Crippen LogP contribution is 2.50. The highest BCUT2D eigenvalue weighted by molar-refractivity contribution is 7.10. The fourth-order valence-corrected chi connectivity index (χ4v) is 5.78. The number of hydrogen-bond acceptors (Lipinski definition) is 5. The van der Waals surface area contributed by atoms with E-state index in [1.807, 2.05) is 17.5 Å². The number of fused-ring (bicyclic) bond motifs is 1. The molecule has 4 rings (SSSR count). The van der Waals surface area contributed by atoms with Crippen LogP contribution in [0.15, 0.2) is 17.5 Å². The first kappa shape index (κ1) is 16.7. The van der Waals surface area contributed by atoms with Crippen molar-refractivity contribution >= 4 is 29.1 Å². The smallest absolute Gasteiger partial charge is 0.324 e. The van der Waals surface area contributed by atoms with E-state index in [1.54, 1.807) is 0 Å². The Morgan fingerprint density at radius 3 is 2.64 bits per heavy atom. The maximum atomic E-state index is 12.5. The topological polar surface area (TPSA) is 95.5 Å². The van der Waals surface area contributed by atoms with E-state index in [1.165, 1.54) is 17.8 Å². The van der Waals surface area contributed by atoms with Crippen molar-refractivity contribution in [2.24, 2.45) is 17.8 Å². The summed E-state index contributed by atoms with van der Waals surface area (Å²) in [7, 11) is 0. The van der Waals surface area contributed by atoms with Crippen LogP contribution in [0.1, 0.15) is 49.4 Å². The molecule has 2 aliphatic heterocycles. The SMILES string of the molecule is O=C1NC(=O)C2C1C(c1cccs1)NC2(CC1CCCCC1)C(=O)O. The normalized spacial score (nSPS) is 35.6. The van der Waals surface area contributed by atoms with Gasteiger partial charge in [-0.15, -0.1) is 11.3 Å². The summed E-state index contributed by atoms with van der Waals surface area (Å²) >= 11 is 1.48. The molecule has 6 nitrogen and oxygen atoms in total. The third-order valence-electron chi connectivity index (χ3n) is 6.06. The summed E-state index contributed by atoms with van der Waals surface area (Å²) in [6, 6.07) is 3.36. The predicted molar refractivity (Wildman–Crippen MR) is 91.9 cm³/mol. The van der Waals surface area contributed by atoms with Gasteiger partial charge in [0.2, 0.25) is 11.8 Å². The second-order valence-corrected chi connectivity index (χ2v) is 8.46. The number of hydrogen-bond donors (Lipinski definition) is 3. The van der Waals surface area contributed by atoms with Gasteiger partial charge in [0.1, 0.15) is 5.54 Å². The molecule has 0 aromatic carbocycles. The second kappa shape index (κ2) is 6.21. The van der Waals surface area contributed by atoms with E-state index in [0.717, 1.165) is 30.6 Å². The van der Waals surface area contributed by atoms with Crippen molar-refractivity contribution < 1.29 is 19.5 Å². The quantitative estimate of drug-likeness (QED) is 0.713. The molecule has 25 heavy (non-hydrogen) atoms. The minimum Gasteiger partial charge on any atom is -0.480 e. The molecule has 0 radical (unpaired) electrons.